The van der Waals surface area contributed by atoms with E-state index in [1.54, 1.807) is 24.3 Å². The summed E-state index contributed by atoms with van der Waals surface area (Å²) < 4.78 is 6.04. The second-order valence-corrected chi connectivity index (χ2v) is 13.9. The van der Waals surface area contributed by atoms with Gasteiger partial charge in [0.1, 0.15) is 17.5 Å². The SMILES string of the molecule is CCCC[C@H](C(=O)Nc1ccc(Oc2ccc(C(C)(C)C)cc2)cc1)N1C(=O)[C@@H]2C3c4ccccc4C(c4ccccc43)[C@H]2C1=O. The van der Waals surface area contributed by atoms with Gasteiger partial charge in [0.15, 0.2) is 0 Å². The quantitative estimate of drug-likeness (QED) is 0.204. The number of nitrogens with one attached hydrogen (secondary N) is 1. The molecule has 1 fully saturated rings. The molecule has 6 nitrogen and oxygen atoms in total. The third kappa shape index (κ3) is 5.00. The van der Waals surface area contributed by atoms with Gasteiger partial charge in [-0.05, 0) is 76.1 Å². The topological polar surface area (TPSA) is 75.7 Å². The van der Waals surface area contributed by atoms with Crippen molar-refractivity contribution in [3.63, 3.8) is 0 Å². The number of likely N-dealkylation sites (tertiary alicyclic amines) is 1. The van der Waals surface area contributed by atoms with Crippen LogP contribution in [0.2, 0.25) is 0 Å². The second-order valence-electron chi connectivity index (χ2n) is 13.9. The lowest BCUT2D eigenvalue weighted by Gasteiger charge is -2.45. The fourth-order valence-corrected chi connectivity index (χ4v) is 7.77. The zero-order chi connectivity index (χ0) is 32.2. The number of carbonyl (C=O) groups is 3. The van der Waals surface area contributed by atoms with E-state index in [1.807, 2.05) is 43.3 Å². The van der Waals surface area contributed by atoms with Crippen molar-refractivity contribution in [2.45, 2.75) is 70.3 Å². The molecule has 6 heteroatoms. The van der Waals surface area contributed by atoms with Gasteiger partial charge in [0.05, 0.1) is 11.8 Å². The first-order chi connectivity index (χ1) is 22.2. The number of nitrogens with zero attached hydrogens (tertiary/aromatic N) is 1. The predicted molar refractivity (Wildman–Crippen MR) is 179 cm³/mol. The molecule has 234 valence electrons. The van der Waals surface area contributed by atoms with Crippen LogP contribution < -0.4 is 10.1 Å². The van der Waals surface area contributed by atoms with Gasteiger partial charge in [0.25, 0.3) is 0 Å². The van der Waals surface area contributed by atoms with E-state index in [2.05, 4.69) is 62.5 Å². The van der Waals surface area contributed by atoms with Crippen LogP contribution in [0, 0.1) is 11.8 Å². The Hall–Kier alpha value is -4.71. The molecule has 3 atom stereocenters. The summed E-state index contributed by atoms with van der Waals surface area (Å²) in [6, 6.07) is 30.8. The van der Waals surface area contributed by atoms with E-state index in [4.69, 9.17) is 4.74 Å². The summed E-state index contributed by atoms with van der Waals surface area (Å²) in [7, 11) is 0. The first kappa shape index (κ1) is 30.0. The second kappa shape index (κ2) is 11.6. The number of ether oxygens (including phenoxy) is 1. The zero-order valence-electron chi connectivity index (χ0n) is 26.8. The van der Waals surface area contributed by atoms with Crippen molar-refractivity contribution in [2.75, 3.05) is 5.32 Å². The molecule has 3 aliphatic carbocycles. The number of hydrogen-bond acceptors (Lipinski definition) is 4. The van der Waals surface area contributed by atoms with Gasteiger partial charge in [0, 0.05) is 17.5 Å². The molecule has 0 spiro atoms. The lowest BCUT2D eigenvalue weighted by Crippen LogP contribution is -2.48. The lowest BCUT2D eigenvalue weighted by molar-refractivity contribution is -0.147. The summed E-state index contributed by atoms with van der Waals surface area (Å²) in [6.45, 7) is 8.57. The summed E-state index contributed by atoms with van der Waals surface area (Å²) in [5.41, 5.74) is 6.36. The Labute approximate surface area is 270 Å². The molecule has 2 bridgehead atoms. The van der Waals surface area contributed by atoms with Crippen LogP contribution in [-0.2, 0) is 19.8 Å². The minimum atomic E-state index is -0.881. The van der Waals surface area contributed by atoms with Crippen molar-refractivity contribution in [1.29, 1.82) is 0 Å². The Morgan fingerprint density at radius 3 is 1.63 bits per heavy atom. The minimum Gasteiger partial charge on any atom is -0.457 e. The molecule has 46 heavy (non-hydrogen) atoms. The van der Waals surface area contributed by atoms with Gasteiger partial charge >= 0.3 is 0 Å². The molecular weight excluding hydrogens is 572 g/mol. The first-order valence-electron chi connectivity index (χ1n) is 16.4. The third-order valence-electron chi connectivity index (χ3n) is 10.0. The fourth-order valence-electron chi connectivity index (χ4n) is 7.77. The number of anilines is 1. The van der Waals surface area contributed by atoms with E-state index in [1.165, 1.54) is 10.5 Å². The van der Waals surface area contributed by atoms with Crippen LogP contribution in [0.3, 0.4) is 0 Å². The molecule has 0 aromatic heterocycles. The highest BCUT2D eigenvalue weighted by Gasteiger charge is 2.62. The number of carbonyl (C=O) groups excluding carboxylic acids is 3. The monoisotopic (exact) mass is 612 g/mol. The van der Waals surface area contributed by atoms with E-state index in [0.29, 0.717) is 17.9 Å². The molecule has 1 heterocycles. The van der Waals surface area contributed by atoms with Crippen LogP contribution in [0.1, 0.15) is 86.6 Å². The first-order valence-corrected chi connectivity index (χ1v) is 16.4. The van der Waals surface area contributed by atoms with Crippen molar-refractivity contribution in [2.24, 2.45) is 11.8 Å². The molecule has 1 saturated heterocycles. The van der Waals surface area contributed by atoms with E-state index in [-0.39, 0.29) is 35.0 Å². The van der Waals surface area contributed by atoms with Gasteiger partial charge in [-0.15, -0.1) is 0 Å². The average Bonchev–Trinajstić information content (AvgIpc) is 3.32. The minimum absolute atomic E-state index is 0.0608. The smallest absolute Gasteiger partial charge is 0.247 e. The standard InChI is InChI=1S/C40H40N2O4/c1-5-6-15-32(37(43)41-25-18-22-27(23-19-25)46-26-20-16-24(17-21-26)40(2,3)4)42-38(44)35-33-28-11-7-8-12-29(28)34(36(35)39(42)45)31-14-10-9-13-30(31)33/h7-14,16-23,32-36H,5-6,15H2,1-4H3,(H,41,43)/t32-,33?,34?,35-,36-/m1/s1. The van der Waals surface area contributed by atoms with Crippen molar-refractivity contribution < 1.29 is 19.1 Å². The maximum absolute atomic E-state index is 14.3. The number of unbranched alkanes of at least 4 members (excludes halogenated alkanes) is 1. The van der Waals surface area contributed by atoms with E-state index < -0.39 is 17.9 Å². The molecule has 1 N–H and O–H groups in total. The van der Waals surface area contributed by atoms with E-state index in [9.17, 15) is 14.4 Å². The Morgan fingerprint density at radius 1 is 0.739 bits per heavy atom. The van der Waals surface area contributed by atoms with Crippen molar-refractivity contribution in [3.05, 3.63) is 125 Å². The van der Waals surface area contributed by atoms with Crippen LogP contribution in [0.25, 0.3) is 0 Å². The van der Waals surface area contributed by atoms with Crippen LogP contribution in [-0.4, -0.2) is 28.7 Å². The van der Waals surface area contributed by atoms with Gasteiger partial charge in [-0.25, -0.2) is 0 Å². The molecule has 4 aromatic carbocycles. The Morgan fingerprint density at radius 2 is 1.20 bits per heavy atom. The predicted octanol–water partition coefficient (Wildman–Crippen LogP) is 8.17. The Bertz CT molecular complexity index is 1690. The maximum atomic E-state index is 14.3. The van der Waals surface area contributed by atoms with Crippen LogP contribution >= 0.6 is 0 Å². The van der Waals surface area contributed by atoms with Gasteiger partial charge in [-0.3, -0.25) is 19.3 Å². The number of benzene rings is 4. The summed E-state index contributed by atoms with van der Waals surface area (Å²) in [4.78, 5) is 43.9. The summed E-state index contributed by atoms with van der Waals surface area (Å²) >= 11 is 0. The lowest BCUT2D eigenvalue weighted by atomic mass is 9.55. The number of rotatable bonds is 8. The van der Waals surface area contributed by atoms with Gasteiger partial charge in [-0.2, -0.15) is 0 Å². The zero-order valence-corrected chi connectivity index (χ0v) is 26.8. The molecule has 0 saturated carbocycles. The maximum Gasteiger partial charge on any atom is 0.247 e. The fraction of sp³-hybridized carbons (Fsp3) is 0.325. The van der Waals surface area contributed by atoms with Crippen LogP contribution in [0.5, 0.6) is 11.5 Å². The van der Waals surface area contributed by atoms with Gasteiger partial charge < -0.3 is 10.1 Å². The van der Waals surface area contributed by atoms with E-state index >= 15 is 0 Å². The van der Waals surface area contributed by atoms with Crippen LogP contribution in [0.4, 0.5) is 5.69 Å². The van der Waals surface area contributed by atoms with Gasteiger partial charge in [0.2, 0.25) is 17.7 Å². The highest BCUT2D eigenvalue weighted by molar-refractivity contribution is 6.11. The number of imide groups is 1. The van der Waals surface area contributed by atoms with Crippen molar-refractivity contribution >= 4 is 23.4 Å². The normalized spacial score (nSPS) is 21.8. The average molecular weight is 613 g/mol. The summed E-state index contributed by atoms with van der Waals surface area (Å²) in [5, 5.41) is 3.00. The highest BCUT2D eigenvalue weighted by atomic mass is 16.5. The van der Waals surface area contributed by atoms with E-state index in [0.717, 1.165) is 40.8 Å². The summed E-state index contributed by atoms with van der Waals surface area (Å²) in [6.07, 6.45) is 1.98. The van der Waals surface area contributed by atoms with Crippen LogP contribution in [0.15, 0.2) is 97.1 Å². The molecule has 3 amide bonds. The van der Waals surface area contributed by atoms with Gasteiger partial charge in [-0.1, -0.05) is 101 Å². The molecule has 4 aliphatic rings. The molecule has 4 aromatic rings. The molecule has 0 unspecified atom stereocenters. The number of hydrogen-bond donors (Lipinski definition) is 1. The number of amides is 3. The molecular formula is C40H40N2O4. The highest BCUT2D eigenvalue weighted by Crippen LogP contribution is 2.61. The third-order valence-corrected chi connectivity index (χ3v) is 10.0. The molecule has 8 rings (SSSR count). The Balaban J connectivity index is 1.12. The molecule has 0 radical (unpaired) electrons. The van der Waals surface area contributed by atoms with Crippen molar-refractivity contribution in [3.8, 4) is 11.5 Å². The Kier molecular flexibility index (Phi) is 7.54. The summed E-state index contributed by atoms with van der Waals surface area (Å²) in [5.74, 6) is -0.837. The largest absolute Gasteiger partial charge is 0.457 e. The molecule has 1 aliphatic heterocycles. The van der Waals surface area contributed by atoms with Crippen molar-refractivity contribution in [1.82, 2.24) is 4.90 Å².